The van der Waals surface area contributed by atoms with E-state index < -0.39 is 0 Å². The van der Waals surface area contributed by atoms with Gasteiger partial charge in [-0.15, -0.1) is 0 Å². The van der Waals surface area contributed by atoms with Gasteiger partial charge < -0.3 is 19.7 Å². The van der Waals surface area contributed by atoms with Gasteiger partial charge in [0.2, 0.25) is 0 Å². The fourth-order valence-corrected chi connectivity index (χ4v) is 2.89. The summed E-state index contributed by atoms with van der Waals surface area (Å²) < 4.78 is 19.5. The van der Waals surface area contributed by atoms with Gasteiger partial charge in [0.1, 0.15) is 5.82 Å². The maximum atomic E-state index is 14.4. The predicted octanol–water partition coefficient (Wildman–Crippen LogP) is 2.62. The Balaban J connectivity index is 1.62. The Morgan fingerprint density at radius 1 is 1.38 bits per heavy atom. The number of carbonyl (C=O) groups is 1. The minimum absolute atomic E-state index is 0.231. The van der Waals surface area contributed by atoms with E-state index in [-0.39, 0.29) is 30.1 Å². The van der Waals surface area contributed by atoms with Gasteiger partial charge in [-0.25, -0.2) is 4.39 Å². The van der Waals surface area contributed by atoms with Crippen molar-refractivity contribution in [1.82, 2.24) is 5.32 Å². The molecule has 1 aliphatic heterocycles. The molecule has 2 N–H and O–H groups in total. The molecule has 0 radical (unpaired) electrons. The van der Waals surface area contributed by atoms with Crippen LogP contribution in [0.25, 0.3) is 0 Å². The van der Waals surface area contributed by atoms with Gasteiger partial charge in [-0.1, -0.05) is 6.07 Å². The van der Waals surface area contributed by atoms with E-state index in [9.17, 15) is 14.3 Å². The standard InChI is InChI=1S/C18H21FN2O3/c1-12-6-9-24-17(12)18(23)20-11-13-2-3-16(15(19)10-13)21-7-4-14(22)5-8-21/h2-3,6,9-10,14,22H,4-5,7-8,11H2,1H3,(H,20,23). The summed E-state index contributed by atoms with van der Waals surface area (Å²) in [6.45, 7) is 3.31. The third-order valence-corrected chi connectivity index (χ3v) is 4.34. The monoisotopic (exact) mass is 332 g/mol. The summed E-state index contributed by atoms with van der Waals surface area (Å²) in [5, 5.41) is 12.3. The number of hydrogen-bond acceptors (Lipinski definition) is 4. The van der Waals surface area contributed by atoms with E-state index in [0.717, 1.165) is 5.56 Å². The van der Waals surface area contributed by atoms with Crippen LogP contribution in [-0.4, -0.2) is 30.2 Å². The summed E-state index contributed by atoms with van der Waals surface area (Å²) in [5.41, 5.74) is 1.99. The van der Waals surface area contributed by atoms with Crippen molar-refractivity contribution < 1.29 is 18.7 Å². The van der Waals surface area contributed by atoms with Gasteiger partial charge in [0.15, 0.2) is 5.76 Å². The Labute approximate surface area is 140 Å². The van der Waals surface area contributed by atoms with Gasteiger partial charge in [-0.05, 0) is 43.5 Å². The largest absolute Gasteiger partial charge is 0.459 e. The van der Waals surface area contributed by atoms with Crippen LogP contribution < -0.4 is 10.2 Å². The Morgan fingerprint density at radius 3 is 2.75 bits per heavy atom. The number of aliphatic hydroxyl groups excluding tert-OH is 1. The van der Waals surface area contributed by atoms with Gasteiger partial charge in [-0.3, -0.25) is 4.79 Å². The molecule has 1 aromatic carbocycles. The molecule has 1 aliphatic rings. The Bertz CT molecular complexity index is 721. The van der Waals surface area contributed by atoms with Gasteiger partial charge in [0, 0.05) is 25.2 Å². The second-order valence-electron chi connectivity index (χ2n) is 6.12. The van der Waals surface area contributed by atoms with Crippen LogP contribution in [0.4, 0.5) is 10.1 Å². The lowest BCUT2D eigenvalue weighted by Crippen LogP contribution is -2.36. The molecule has 5 nitrogen and oxygen atoms in total. The molecule has 0 unspecified atom stereocenters. The van der Waals surface area contributed by atoms with E-state index >= 15 is 0 Å². The summed E-state index contributed by atoms with van der Waals surface area (Å²) in [6, 6.07) is 6.69. The number of anilines is 1. The van der Waals surface area contributed by atoms with E-state index in [2.05, 4.69) is 5.32 Å². The number of benzene rings is 1. The van der Waals surface area contributed by atoms with Crippen LogP contribution in [0.3, 0.4) is 0 Å². The number of rotatable bonds is 4. The molecule has 24 heavy (non-hydrogen) atoms. The molecule has 6 heteroatoms. The molecule has 1 saturated heterocycles. The Kier molecular flexibility index (Phi) is 4.85. The molecule has 128 valence electrons. The van der Waals surface area contributed by atoms with Crippen molar-refractivity contribution in [2.45, 2.75) is 32.4 Å². The maximum absolute atomic E-state index is 14.4. The molecule has 3 rings (SSSR count). The zero-order valence-electron chi connectivity index (χ0n) is 13.6. The second kappa shape index (κ2) is 7.05. The average Bonchev–Trinajstić information content (AvgIpc) is 3.00. The lowest BCUT2D eigenvalue weighted by molar-refractivity contribution is 0.0922. The molecular formula is C18H21FN2O3. The highest BCUT2D eigenvalue weighted by molar-refractivity contribution is 5.92. The number of piperidine rings is 1. The van der Waals surface area contributed by atoms with Crippen LogP contribution in [0.15, 0.2) is 34.9 Å². The van der Waals surface area contributed by atoms with Crippen LogP contribution in [0.5, 0.6) is 0 Å². The van der Waals surface area contributed by atoms with Gasteiger partial charge in [0.05, 0.1) is 18.1 Å². The van der Waals surface area contributed by atoms with E-state index in [4.69, 9.17) is 4.42 Å². The third kappa shape index (κ3) is 3.59. The molecule has 2 aromatic rings. The third-order valence-electron chi connectivity index (χ3n) is 4.34. The Hall–Kier alpha value is -2.34. The molecule has 1 amide bonds. The predicted molar refractivity (Wildman–Crippen MR) is 88.5 cm³/mol. The first kappa shape index (κ1) is 16.5. The van der Waals surface area contributed by atoms with E-state index in [1.54, 1.807) is 25.1 Å². The molecule has 2 heterocycles. The summed E-state index contributed by atoms with van der Waals surface area (Å²) in [5.74, 6) is -0.349. The highest BCUT2D eigenvalue weighted by Crippen LogP contribution is 2.24. The number of halogens is 1. The lowest BCUT2D eigenvalue weighted by atomic mass is 10.1. The Morgan fingerprint density at radius 2 is 2.12 bits per heavy atom. The highest BCUT2D eigenvalue weighted by atomic mass is 19.1. The first-order valence-electron chi connectivity index (χ1n) is 8.08. The number of nitrogens with one attached hydrogen (secondary N) is 1. The fraction of sp³-hybridized carbons (Fsp3) is 0.389. The molecule has 0 saturated carbocycles. The SMILES string of the molecule is Cc1ccoc1C(=O)NCc1ccc(N2CCC(O)CC2)c(F)c1. The number of aliphatic hydroxyl groups is 1. The van der Waals surface area contributed by atoms with Crippen LogP contribution in [0.2, 0.25) is 0 Å². The van der Waals surface area contributed by atoms with Crippen LogP contribution in [0, 0.1) is 12.7 Å². The van der Waals surface area contributed by atoms with Crippen LogP contribution in [-0.2, 0) is 6.54 Å². The number of furan rings is 1. The van der Waals surface area contributed by atoms with E-state index in [1.807, 2.05) is 4.90 Å². The maximum Gasteiger partial charge on any atom is 0.287 e. The quantitative estimate of drug-likeness (QED) is 0.903. The highest BCUT2D eigenvalue weighted by Gasteiger charge is 2.20. The van der Waals surface area contributed by atoms with Crippen molar-refractivity contribution >= 4 is 11.6 Å². The topological polar surface area (TPSA) is 65.7 Å². The average molecular weight is 332 g/mol. The van der Waals surface area contributed by atoms with Crippen molar-refractivity contribution in [2.75, 3.05) is 18.0 Å². The number of amides is 1. The minimum atomic E-state index is -0.313. The first-order valence-corrected chi connectivity index (χ1v) is 8.08. The number of carbonyl (C=O) groups excluding carboxylic acids is 1. The van der Waals surface area contributed by atoms with Crippen molar-refractivity contribution in [3.8, 4) is 0 Å². The molecule has 1 fully saturated rings. The lowest BCUT2D eigenvalue weighted by Gasteiger charge is -2.31. The molecule has 0 aliphatic carbocycles. The zero-order chi connectivity index (χ0) is 17.1. The van der Waals surface area contributed by atoms with Crippen molar-refractivity contribution in [3.05, 3.63) is 53.2 Å². The van der Waals surface area contributed by atoms with E-state index in [1.165, 1.54) is 12.3 Å². The van der Waals surface area contributed by atoms with Crippen LogP contribution in [0.1, 0.15) is 34.5 Å². The fourth-order valence-electron chi connectivity index (χ4n) is 2.89. The summed E-state index contributed by atoms with van der Waals surface area (Å²) in [7, 11) is 0. The normalized spacial score (nSPS) is 15.5. The van der Waals surface area contributed by atoms with Crippen LogP contribution >= 0.6 is 0 Å². The molecule has 1 aromatic heterocycles. The van der Waals surface area contributed by atoms with Gasteiger partial charge in [0.25, 0.3) is 5.91 Å². The van der Waals surface area contributed by atoms with Gasteiger partial charge in [-0.2, -0.15) is 0 Å². The smallest absolute Gasteiger partial charge is 0.287 e. The molecular weight excluding hydrogens is 311 g/mol. The summed E-state index contributed by atoms with van der Waals surface area (Å²) >= 11 is 0. The van der Waals surface area contributed by atoms with Crippen molar-refractivity contribution in [3.63, 3.8) is 0 Å². The number of hydrogen-bond donors (Lipinski definition) is 2. The molecule has 0 atom stereocenters. The summed E-state index contributed by atoms with van der Waals surface area (Å²) in [4.78, 5) is 13.9. The number of nitrogens with zero attached hydrogens (tertiary/aromatic N) is 1. The minimum Gasteiger partial charge on any atom is -0.459 e. The van der Waals surface area contributed by atoms with Crippen molar-refractivity contribution in [2.24, 2.45) is 0 Å². The molecule has 0 spiro atoms. The molecule has 0 bridgehead atoms. The zero-order valence-corrected chi connectivity index (χ0v) is 13.6. The van der Waals surface area contributed by atoms with Crippen molar-refractivity contribution in [1.29, 1.82) is 0 Å². The van der Waals surface area contributed by atoms with E-state index in [0.29, 0.717) is 37.2 Å². The summed E-state index contributed by atoms with van der Waals surface area (Å²) in [6.07, 6.45) is 2.48. The number of aryl methyl sites for hydroxylation is 1. The van der Waals surface area contributed by atoms with Gasteiger partial charge >= 0.3 is 0 Å². The first-order chi connectivity index (χ1) is 11.5. The second-order valence-corrected chi connectivity index (χ2v) is 6.12.